The van der Waals surface area contributed by atoms with Gasteiger partial charge >= 0.3 is 6.18 Å². The molecule has 1 N–H and O–H groups in total. The summed E-state index contributed by atoms with van der Waals surface area (Å²) in [4.78, 5) is 15.0. The van der Waals surface area contributed by atoms with Crippen molar-refractivity contribution in [3.63, 3.8) is 0 Å². The maximum absolute atomic E-state index is 12.8. The van der Waals surface area contributed by atoms with Crippen LogP contribution in [-0.2, 0) is 33.8 Å². The van der Waals surface area contributed by atoms with Crippen molar-refractivity contribution in [2.45, 2.75) is 43.8 Å². The summed E-state index contributed by atoms with van der Waals surface area (Å²) in [7, 11) is -3.27. The number of sulfone groups is 1. The van der Waals surface area contributed by atoms with Gasteiger partial charge in [-0.15, -0.1) is 0 Å². The molecule has 38 heavy (non-hydrogen) atoms. The molecule has 5 nitrogen and oxygen atoms in total. The minimum atomic E-state index is -4.33. The molecule has 0 radical (unpaired) electrons. The minimum absolute atomic E-state index is 0.0274. The molecule has 3 aromatic rings. The third kappa shape index (κ3) is 6.82. The summed E-state index contributed by atoms with van der Waals surface area (Å²) < 4.78 is 62.3. The number of anilines is 1. The number of halogens is 3. The molecule has 1 amide bonds. The number of rotatable bonds is 8. The quantitative estimate of drug-likeness (QED) is 0.383. The second-order valence-corrected chi connectivity index (χ2v) is 12.1. The third-order valence-electron chi connectivity index (χ3n) is 7.03. The Morgan fingerprint density at radius 1 is 0.921 bits per heavy atom. The van der Waals surface area contributed by atoms with Crippen molar-refractivity contribution in [2.75, 3.05) is 24.2 Å². The van der Waals surface area contributed by atoms with Gasteiger partial charge in [0.2, 0.25) is 5.91 Å². The van der Waals surface area contributed by atoms with Crippen LogP contribution in [0.4, 0.5) is 18.9 Å². The maximum Gasteiger partial charge on any atom is 0.416 e. The number of hydrogen-bond acceptors (Lipinski definition) is 4. The van der Waals surface area contributed by atoms with Crippen LogP contribution in [0.15, 0.2) is 77.7 Å². The Bertz CT molecular complexity index is 1350. The van der Waals surface area contributed by atoms with E-state index < -0.39 is 21.6 Å². The van der Waals surface area contributed by atoms with Crippen LogP contribution in [0.5, 0.6) is 0 Å². The summed E-state index contributed by atoms with van der Waals surface area (Å²) in [5, 5.41) is 2.88. The van der Waals surface area contributed by atoms with Gasteiger partial charge in [-0.2, -0.15) is 13.2 Å². The lowest BCUT2D eigenvalue weighted by Crippen LogP contribution is -2.20. The Labute approximate surface area is 221 Å². The Balaban J connectivity index is 1.31. The molecule has 4 rings (SSSR count). The summed E-state index contributed by atoms with van der Waals surface area (Å²) in [5.41, 5.74) is 2.77. The summed E-state index contributed by atoms with van der Waals surface area (Å²) >= 11 is 0. The first-order valence-electron chi connectivity index (χ1n) is 12.5. The number of hydrogen-bond donors (Lipinski definition) is 1. The summed E-state index contributed by atoms with van der Waals surface area (Å²) in [6, 6.07) is 19.5. The second kappa shape index (κ2) is 11.3. The highest BCUT2D eigenvalue weighted by Gasteiger charge is 2.32. The van der Waals surface area contributed by atoms with Gasteiger partial charge in [0.15, 0.2) is 9.84 Å². The monoisotopic (exact) mass is 544 g/mol. The van der Waals surface area contributed by atoms with Crippen LogP contribution < -0.4 is 5.32 Å². The van der Waals surface area contributed by atoms with Gasteiger partial charge in [-0.3, -0.25) is 9.69 Å². The fraction of sp³-hybridized carbons (Fsp3) is 0.345. The first-order valence-corrected chi connectivity index (χ1v) is 14.2. The zero-order chi connectivity index (χ0) is 27.5. The molecular formula is C29H31F3N2O3S. The molecule has 202 valence electrons. The van der Waals surface area contributed by atoms with Crippen molar-refractivity contribution in [1.82, 2.24) is 4.90 Å². The van der Waals surface area contributed by atoms with Gasteiger partial charge in [-0.05, 0) is 59.0 Å². The summed E-state index contributed by atoms with van der Waals surface area (Å²) in [6.45, 7) is 6.01. The smallest absolute Gasteiger partial charge is 0.326 e. The van der Waals surface area contributed by atoms with E-state index in [-0.39, 0.29) is 28.9 Å². The normalized spacial score (nSPS) is 18.4. The Kier molecular flexibility index (Phi) is 8.28. The number of nitrogens with zero attached hydrogens (tertiary/aromatic N) is 1. The summed E-state index contributed by atoms with van der Waals surface area (Å²) in [5.74, 6) is 0.497. The van der Waals surface area contributed by atoms with E-state index in [4.69, 9.17) is 0 Å². The predicted octanol–water partition coefficient (Wildman–Crippen LogP) is 5.92. The van der Waals surface area contributed by atoms with E-state index in [2.05, 4.69) is 17.1 Å². The van der Waals surface area contributed by atoms with Gasteiger partial charge in [0.1, 0.15) is 0 Å². The third-order valence-corrected chi connectivity index (χ3v) is 8.78. The SMILES string of the molecule is CCS(=O)(=O)c1ccc(CC(=O)Nc2ccc(C3CN(Cc4ccc(C(F)(F)F)cc4)CC3C)cc2)cc1. The lowest BCUT2D eigenvalue weighted by molar-refractivity contribution is -0.137. The van der Waals surface area contributed by atoms with E-state index in [0.717, 1.165) is 41.9 Å². The molecule has 2 unspecified atom stereocenters. The molecule has 0 saturated carbocycles. The molecule has 0 aliphatic carbocycles. The van der Waals surface area contributed by atoms with Gasteiger partial charge in [0, 0.05) is 31.2 Å². The van der Waals surface area contributed by atoms with Gasteiger partial charge in [-0.25, -0.2) is 8.42 Å². The average molecular weight is 545 g/mol. The first kappa shape index (κ1) is 27.9. The van der Waals surface area contributed by atoms with Crippen molar-refractivity contribution in [2.24, 2.45) is 5.92 Å². The van der Waals surface area contributed by atoms with E-state index in [1.54, 1.807) is 31.2 Å². The van der Waals surface area contributed by atoms with Crippen LogP contribution in [0.1, 0.15) is 42.0 Å². The molecule has 2 atom stereocenters. The Hall–Kier alpha value is -3.17. The fourth-order valence-electron chi connectivity index (χ4n) is 4.87. The maximum atomic E-state index is 12.8. The number of amides is 1. The van der Waals surface area contributed by atoms with Crippen molar-refractivity contribution < 1.29 is 26.4 Å². The van der Waals surface area contributed by atoms with E-state index >= 15 is 0 Å². The number of benzene rings is 3. The number of carbonyl (C=O) groups excluding carboxylic acids is 1. The van der Waals surface area contributed by atoms with Crippen LogP contribution >= 0.6 is 0 Å². The summed E-state index contributed by atoms with van der Waals surface area (Å²) in [6.07, 6.45) is -4.20. The van der Waals surface area contributed by atoms with Crippen LogP contribution in [0.25, 0.3) is 0 Å². The molecule has 0 aromatic heterocycles. The standard InChI is InChI=1S/C29H31F3N2O3S/c1-3-38(36,37)26-14-6-21(7-15-26)16-28(35)33-25-12-8-23(9-13-25)27-19-34(17-20(27)2)18-22-4-10-24(11-5-22)29(30,31)32/h4-15,20,27H,3,16-19H2,1-2H3,(H,33,35). The van der Waals surface area contributed by atoms with Crippen LogP contribution in [-0.4, -0.2) is 38.1 Å². The molecule has 9 heteroatoms. The Morgan fingerprint density at radius 3 is 2.11 bits per heavy atom. The van der Waals surface area contributed by atoms with Gasteiger partial charge in [0.05, 0.1) is 22.6 Å². The number of likely N-dealkylation sites (tertiary alicyclic amines) is 1. The topological polar surface area (TPSA) is 66.5 Å². The highest BCUT2D eigenvalue weighted by molar-refractivity contribution is 7.91. The van der Waals surface area contributed by atoms with Crippen molar-refractivity contribution in [3.8, 4) is 0 Å². The molecule has 0 bridgehead atoms. The molecule has 0 spiro atoms. The first-order chi connectivity index (χ1) is 17.9. The largest absolute Gasteiger partial charge is 0.416 e. The van der Waals surface area contributed by atoms with E-state index in [1.807, 2.05) is 24.3 Å². The minimum Gasteiger partial charge on any atom is -0.326 e. The van der Waals surface area contributed by atoms with Crippen LogP contribution in [0.3, 0.4) is 0 Å². The molecule has 1 aliphatic rings. The van der Waals surface area contributed by atoms with E-state index in [1.165, 1.54) is 12.1 Å². The molecule has 3 aromatic carbocycles. The lowest BCUT2D eigenvalue weighted by Gasteiger charge is -2.17. The highest BCUT2D eigenvalue weighted by Crippen LogP contribution is 2.34. The molecule has 1 fully saturated rings. The molecule has 1 aliphatic heterocycles. The van der Waals surface area contributed by atoms with Crippen LogP contribution in [0.2, 0.25) is 0 Å². The van der Waals surface area contributed by atoms with Gasteiger partial charge in [-0.1, -0.05) is 50.2 Å². The molecule has 1 saturated heterocycles. The number of alkyl halides is 3. The van der Waals surface area contributed by atoms with Gasteiger partial charge < -0.3 is 5.32 Å². The zero-order valence-corrected chi connectivity index (χ0v) is 22.1. The van der Waals surface area contributed by atoms with Crippen LogP contribution in [0, 0.1) is 5.92 Å². The van der Waals surface area contributed by atoms with Crippen molar-refractivity contribution >= 4 is 21.4 Å². The van der Waals surface area contributed by atoms with Crippen molar-refractivity contribution in [1.29, 1.82) is 0 Å². The highest BCUT2D eigenvalue weighted by atomic mass is 32.2. The lowest BCUT2D eigenvalue weighted by atomic mass is 9.90. The fourth-order valence-corrected chi connectivity index (χ4v) is 5.76. The van der Waals surface area contributed by atoms with Crippen molar-refractivity contribution in [3.05, 3.63) is 95.1 Å². The second-order valence-electron chi connectivity index (χ2n) is 9.87. The predicted molar refractivity (Wildman–Crippen MR) is 142 cm³/mol. The van der Waals surface area contributed by atoms with Gasteiger partial charge in [0.25, 0.3) is 0 Å². The number of carbonyl (C=O) groups is 1. The van der Waals surface area contributed by atoms with E-state index in [0.29, 0.717) is 18.2 Å². The van der Waals surface area contributed by atoms with E-state index in [9.17, 15) is 26.4 Å². The average Bonchev–Trinajstić information content (AvgIpc) is 3.24. The zero-order valence-electron chi connectivity index (χ0n) is 21.3. The molecule has 1 heterocycles. The molecular weight excluding hydrogens is 513 g/mol. The Morgan fingerprint density at radius 2 is 1.53 bits per heavy atom. The number of nitrogens with one attached hydrogen (secondary N) is 1.